The van der Waals surface area contributed by atoms with E-state index in [0.29, 0.717) is 0 Å². The molecular formula is C26H24P2S2. The third-order valence-corrected chi connectivity index (χ3v) is 33.1. The molecule has 1 unspecified atom stereocenters. The Morgan fingerprint density at radius 3 is 1.53 bits per heavy atom. The van der Waals surface area contributed by atoms with Crippen LogP contribution in [-0.4, -0.2) is 0 Å². The molecule has 0 aromatic heterocycles. The average molecular weight is 463 g/mol. The Morgan fingerprint density at radius 2 is 1.00 bits per heavy atom. The predicted molar refractivity (Wildman–Crippen MR) is 141 cm³/mol. The second kappa shape index (κ2) is 8.52. The second-order valence-corrected chi connectivity index (χ2v) is 27.3. The summed E-state index contributed by atoms with van der Waals surface area (Å²) in [5.74, 6) is 0. The Labute approximate surface area is 188 Å². The standard InChI is InChI=1S/C26H24P2S2/c1-5-13-23(14-6-1)21-27(25-17-9-3-10-18-25)28(29-30-28,26-19-11-4-12-20-26)22-24-15-7-2-8-16-24/h1-20H,21-22H2. The van der Waals surface area contributed by atoms with E-state index in [4.69, 9.17) is 0 Å². The van der Waals surface area contributed by atoms with Gasteiger partial charge in [0.2, 0.25) is 0 Å². The van der Waals surface area contributed by atoms with Gasteiger partial charge in [-0.15, -0.1) is 0 Å². The van der Waals surface area contributed by atoms with Crippen molar-refractivity contribution >= 4 is 43.7 Å². The van der Waals surface area contributed by atoms with Gasteiger partial charge in [0.1, 0.15) is 0 Å². The fraction of sp³-hybridized carbons (Fsp3) is 0.0769. The molecule has 4 heteroatoms. The van der Waals surface area contributed by atoms with Crippen LogP contribution >= 0.6 is 33.1 Å². The van der Waals surface area contributed by atoms with Crippen molar-refractivity contribution in [2.24, 2.45) is 0 Å². The molecule has 0 bridgehead atoms. The van der Waals surface area contributed by atoms with Gasteiger partial charge in [0.25, 0.3) is 0 Å². The van der Waals surface area contributed by atoms with Gasteiger partial charge in [-0.25, -0.2) is 0 Å². The molecule has 30 heavy (non-hydrogen) atoms. The van der Waals surface area contributed by atoms with Crippen LogP contribution in [0.4, 0.5) is 0 Å². The molecule has 0 saturated carbocycles. The van der Waals surface area contributed by atoms with Crippen LogP contribution in [0.3, 0.4) is 0 Å². The zero-order valence-electron chi connectivity index (χ0n) is 16.7. The minimum absolute atomic E-state index is 0.392. The van der Waals surface area contributed by atoms with E-state index in [1.54, 1.807) is 5.30 Å². The molecular weight excluding hydrogens is 438 g/mol. The van der Waals surface area contributed by atoms with Gasteiger partial charge in [-0.3, -0.25) is 0 Å². The average Bonchev–Trinajstić information content (AvgIpc) is 3.57. The van der Waals surface area contributed by atoms with Crippen LogP contribution in [0.2, 0.25) is 0 Å². The van der Waals surface area contributed by atoms with E-state index in [1.165, 1.54) is 22.6 Å². The van der Waals surface area contributed by atoms with E-state index < -0.39 is 12.3 Å². The maximum absolute atomic E-state index is 2.40. The Balaban J connectivity index is 1.69. The van der Waals surface area contributed by atoms with Crippen molar-refractivity contribution < 1.29 is 0 Å². The number of benzene rings is 4. The first-order valence-electron chi connectivity index (χ1n) is 10.2. The van der Waals surface area contributed by atoms with Gasteiger partial charge >= 0.3 is 189 Å². The summed E-state index contributed by atoms with van der Waals surface area (Å²) in [6.07, 6.45) is 2.30. The predicted octanol–water partition coefficient (Wildman–Crippen LogP) is 8.21. The summed E-state index contributed by atoms with van der Waals surface area (Å²) in [5.41, 5.74) is 2.92. The summed E-state index contributed by atoms with van der Waals surface area (Å²) < 4.78 is -2.28. The minimum atomic E-state index is -2.28. The number of rotatable bonds is 7. The Hall–Kier alpha value is -1.56. The van der Waals surface area contributed by atoms with Crippen LogP contribution in [0.25, 0.3) is 0 Å². The van der Waals surface area contributed by atoms with Crippen LogP contribution < -0.4 is 10.6 Å². The van der Waals surface area contributed by atoms with Gasteiger partial charge in [0, 0.05) is 0 Å². The van der Waals surface area contributed by atoms with Gasteiger partial charge < -0.3 is 0 Å². The Kier molecular flexibility index (Phi) is 5.78. The first-order valence-corrected chi connectivity index (χ1v) is 18.2. The molecule has 1 atom stereocenters. The zero-order chi connectivity index (χ0) is 20.3. The Bertz CT molecular complexity index is 1100. The number of hydrogen-bond donors (Lipinski definition) is 0. The third kappa shape index (κ3) is 3.76. The summed E-state index contributed by atoms with van der Waals surface area (Å²) in [5, 5.41) is 3.11. The topological polar surface area (TPSA) is 0 Å². The van der Waals surface area contributed by atoms with Crippen LogP contribution in [0, 0.1) is 0 Å². The van der Waals surface area contributed by atoms with Crippen molar-refractivity contribution in [1.82, 2.24) is 0 Å². The van der Waals surface area contributed by atoms with Gasteiger partial charge in [-0.1, -0.05) is 0 Å². The fourth-order valence-electron chi connectivity index (χ4n) is 4.04. The van der Waals surface area contributed by atoms with Crippen LogP contribution in [-0.2, 0) is 12.3 Å². The second-order valence-electron chi connectivity index (χ2n) is 7.59. The first-order chi connectivity index (χ1) is 14.8. The molecule has 0 spiro atoms. The molecule has 150 valence electrons. The fourth-order valence-corrected chi connectivity index (χ4v) is 34.9. The monoisotopic (exact) mass is 462 g/mol. The summed E-state index contributed by atoms with van der Waals surface area (Å²) >= 11 is 0. The van der Waals surface area contributed by atoms with Crippen molar-refractivity contribution in [3.63, 3.8) is 0 Å². The first kappa shape index (κ1) is 20.3. The van der Waals surface area contributed by atoms with E-state index in [9.17, 15) is 0 Å². The molecule has 5 rings (SSSR count). The SMILES string of the molecule is c1ccc(CP(c2ccccc2)P2(Cc3ccccc3)(c3ccccc3)SS2)cc1. The molecule has 4 aromatic carbocycles. The van der Waals surface area contributed by atoms with Gasteiger partial charge in [0.15, 0.2) is 0 Å². The van der Waals surface area contributed by atoms with Gasteiger partial charge in [-0.05, 0) is 0 Å². The van der Waals surface area contributed by atoms with Crippen molar-refractivity contribution in [3.05, 3.63) is 132 Å². The molecule has 1 fully saturated rings. The van der Waals surface area contributed by atoms with E-state index in [1.807, 2.05) is 0 Å². The van der Waals surface area contributed by atoms with Crippen molar-refractivity contribution in [2.75, 3.05) is 0 Å². The van der Waals surface area contributed by atoms with Gasteiger partial charge in [-0.2, -0.15) is 0 Å². The van der Waals surface area contributed by atoms with E-state index in [-0.39, 0.29) is 0 Å². The summed E-state index contributed by atoms with van der Waals surface area (Å²) in [6.45, 7) is 0. The van der Waals surface area contributed by atoms with Gasteiger partial charge in [0.05, 0.1) is 0 Å². The molecule has 0 radical (unpaired) electrons. The molecule has 1 saturated heterocycles. The van der Waals surface area contributed by atoms with Crippen LogP contribution in [0.15, 0.2) is 121 Å². The molecule has 1 aliphatic rings. The van der Waals surface area contributed by atoms with Crippen LogP contribution in [0.1, 0.15) is 11.1 Å². The zero-order valence-corrected chi connectivity index (χ0v) is 20.1. The number of hydrogen-bond acceptors (Lipinski definition) is 2. The van der Waals surface area contributed by atoms with E-state index in [0.717, 1.165) is 6.16 Å². The Morgan fingerprint density at radius 1 is 0.533 bits per heavy atom. The maximum atomic E-state index is 2.40. The van der Waals surface area contributed by atoms with Crippen molar-refractivity contribution in [2.45, 2.75) is 12.3 Å². The molecule has 0 aliphatic carbocycles. The van der Waals surface area contributed by atoms with Crippen molar-refractivity contribution in [3.8, 4) is 0 Å². The summed E-state index contributed by atoms with van der Waals surface area (Å²) in [4.78, 5) is 0. The van der Waals surface area contributed by atoms with E-state index >= 15 is 0 Å². The van der Waals surface area contributed by atoms with Crippen LogP contribution in [0.5, 0.6) is 0 Å². The summed E-state index contributed by atoms with van der Waals surface area (Å²) in [6, 6.07) is 45.0. The molecule has 0 nitrogen and oxygen atoms in total. The van der Waals surface area contributed by atoms with E-state index in [2.05, 4.69) is 142 Å². The normalized spacial score (nSPS) is 18.6. The quantitative estimate of drug-likeness (QED) is 0.154. The molecule has 4 aromatic rings. The van der Waals surface area contributed by atoms with Crippen molar-refractivity contribution in [1.29, 1.82) is 0 Å². The molecule has 0 amide bonds. The molecule has 0 N–H and O–H groups in total. The molecule has 1 heterocycles. The third-order valence-electron chi connectivity index (χ3n) is 5.61. The summed E-state index contributed by atoms with van der Waals surface area (Å²) in [7, 11) is 4.03. The molecule has 1 aliphatic heterocycles.